The number of carbonyl (C=O) groups excluding carboxylic acids is 1. The average molecular weight is 497 g/mol. The van der Waals surface area contributed by atoms with Crippen LogP contribution in [0.25, 0.3) is 0 Å². The zero-order chi connectivity index (χ0) is 23.3. The Morgan fingerprint density at radius 1 is 1.03 bits per heavy atom. The van der Waals surface area contributed by atoms with Crippen molar-refractivity contribution in [3.63, 3.8) is 0 Å². The van der Waals surface area contributed by atoms with E-state index in [0.29, 0.717) is 10.7 Å². The smallest absolute Gasteiger partial charge is 0.261 e. The van der Waals surface area contributed by atoms with E-state index in [1.165, 1.54) is 42.5 Å². The number of ether oxygens (including phenoxy) is 1. The number of amides is 1. The Balaban J connectivity index is 1.60. The molecule has 3 rings (SSSR count). The Hall–Kier alpha value is -2.81. The van der Waals surface area contributed by atoms with Gasteiger partial charge in [0.15, 0.2) is 6.61 Å². The number of halogens is 3. The minimum absolute atomic E-state index is 0.0309. The Labute approximate surface area is 195 Å². The van der Waals surface area contributed by atoms with Gasteiger partial charge in [-0.3, -0.25) is 9.52 Å². The van der Waals surface area contributed by atoms with Gasteiger partial charge in [-0.15, -0.1) is 0 Å². The van der Waals surface area contributed by atoms with Crippen LogP contribution < -0.4 is 14.8 Å². The summed E-state index contributed by atoms with van der Waals surface area (Å²) in [5, 5.41) is 3.24. The maximum atomic E-state index is 13.0. The third kappa shape index (κ3) is 6.35. The number of nitrogens with one attached hydrogen (secondary N) is 2. The molecule has 32 heavy (non-hydrogen) atoms. The van der Waals surface area contributed by atoms with E-state index in [4.69, 9.17) is 27.9 Å². The van der Waals surface area contributed by atoms with E-state index in [1.807, 2.05) is 0 Å². The predicted octanol–water partition coefficient (Wildman–Crippen LogP) is 5.19. The van der Waals surface area contributed by atoms with Gasteiger partial charge in [0.2, 0.25) is 0 Å². The quantitative estimate of drug-likeness (QED) is 0.449. The molecule has 0 spiro atoms. The summed E-state index contributed by atoms with van der Waals surface area (Å²) in [7, 11) is -3.89. The maximum Gasteiger partial charge on any atom is 0.261 e. The second kappa shape index (κ2) is 10.2. The monoisotopic (exact) mass is 496 g/mol. The highest BCUT2D eigenvalue weighted by atomic mass is 35.5. The first kappa shape index (κ1) is 23.8. The van der Waals surface area contributed by atoms with Crippen LogP contribution in [0.4, 0.5) is 10.1 Å². The van der Waals surface area contributed by atoms with E-state index in [-0.39, 0.29) is 34.1 Å². The summed E-state index contributed by atoms with van der Waals surface area (Å²) in [6.45, 7) is 1.42. The van der Waals surface area contributed by atoms with Gasteiger partial charge in [-0.25, -0.2) is 12.8 Å². The molecule has 0 aliphatic carbocycles. The van der Waals surface area contributed by atoms with Crippen molar-refractivity contribution in [1.29, 1.82) is 0 Å². The van der Waals surface area contributed by atoms with E-state index in [0.717, 1.165) is 5.56 Å². The van der Waals surface area contributed by atoms with Crippen LogP contribution in [0, 0.1) is 5.82 Å². The molecule has 0 radical (unpaired) electrons. The molecule has 168 valence electrons. The highest BCUT2D eigenvalue weighted by molar-refractivity contribution is 7.92. The summed E-state index contributed by atoms with van der Waals surface area (Å²) >= 11 is 12.0. The lowest BCUT2D eigenvalue weighted by Gasteiger charge is -2.15. The van der Waals surface area contributed by atoms with Crippen LogP contribution in [0.15, 0.2) is 71.6 Å². The number of rotatable bonds is 8. The molecule has 0 saturated carbocycles. The van der Waals surface area contributed by atoms with Crippen LogP contribution in [0.2, 0.25) is 10.0 Å². The van der Waals surface area contributed by atoms with E-state index in [2.05, 4.69) is 10.0 Å². The first-order chi connectivity index (χ1) is 15.1. The fourth-order valence-corrected chi connectivity index (χ4v) is 4.27. The topological polar surface area (TPSA) is 84.5 Å². The van der Waals surface area contributed by atoms with Crippen LogP contribution in [0.5, 0.6) is 5.75 Å². The number of hydrogen-bond donors (Lipinski definition) is 2. The first-order valence-corrected chi connectivity index (χ1v) is 11.6. The Kier molecular flexibility index (Phi) is 7.60. The molecule has 0 heterocycles. The van der Waals surface area contributed by atoms with Crippen LogP contribution in [-0.2, 0) is 14.8 Å². The predicted molar refractivity (Wildman–Crippen MR) is 122 cm³/mol. The largest absolute Gasteiger partial charge is 0.482 e. The van der Waals surface area contributed by atoms with Gasteiger partial charge < -0.3 is 10.1 Å². The van der Waals surface area contributed by atoms with E-state index >= 15 is 0 Å². The Morgan fingerprint density at radius 2 is 1.69 bits per heavy atom. The van der Waals surface area contributed by atoms with Crippen LogP contribution in [0.1, 0.15) is 18.5 Å². The number of hydrogen-bond acceptors (Lipinski definition) is 4. The van der Waals surface area contributed by atoms with Crippen molar-refractivity contribution in [3.05, 3.63) is 88.2 Å². The highest BCUT2D eigenvalue weighted by Crippen LogP contribution is 2.28. The van der Waals surface area contributed by atoms with Crippen molar-refractivity contribution in [3.8, 4) is 5.75 Å². The molecule has 2 N–H and O–H groups in total. The van der Waals surface area contributed by atoms with Crippen molar-refractivity contribution in [2.45, 2.75) is 17.9 Å². The molecule has 0 bridgehead atoms. The van der Waals surface area contributed by atoms with Crippen molar-refractivity contribution in [2.24, 2.45) is 0 Å². The summed E-state index contributed by atoms with van der Waals surface area (Å²) < 4.78 is 46.0. The SMILES string of the molecule is C[C@@H](NC(=O)COc1ccc(S(=O)(=O)Nc2ccc(Cl)cc2)cc1Cl)c1ccc(F)cc1. The molecular weight excluding hydrogens is 478 g/mol. The van der Waals surface area contributed by atoms with Crippen LogP contribution >= 0.6 is 23.2 Å². The van der Waals surface area contributed by atoms with Gasteiger partial charge in [-0.1, -0.05) is 35.3 Å². The van der Waals surface area contributed by atoms with Gasteiger partial charge >= 0.3 is 0 Å². The summed E-state index contributed by atoms with van der Waals surface area (Å²) in [5.74, 6) is -0.625. The zero-order valence-corrected chi connectivity index (χ0v) is 19.1. The average Bonchev–Trinajstić information content (AvgIpc) is 2.74. The fraction of sp³-hybridized carbons (Fsp3) is 0.136. The molecule has 10 heteroatoms. The van der Waals surface area contributed by atoms with Crippen LogP contribution in [-0.4, -0.2) is 20.9 Å². The molecule has 0 unspecified atom stereocenters. The minimum atomic E-state index is -3.89. The first-order valence-electron chi connectivity index (χ1n) is 9.39. The van der Waals surface area contributed by atoms with Crippen molar-refractivity contribution in [2.75, 3.05) is 11.3 Å². The molecule has 0 fully saturated rings. The van der Waals surface area contributed by atoms with E-state index < -0.39 is 15.9 Å². The molecule has 1 atom stereocenters. The molecule has 0 aromatic heterocycles. The minimum Gasteiger partial charge on any atom is -0.482 e. The zero-order valence-electron chi connectivity index (χ0n) is 16.8. The van der Waals surface area contributed by atoms with E-state index in [1.54, 1.807) is 31.2 Å². The molecule has 1 amide bonds. The lowest BCUT2D eigenvalue weighted by atomic mass is 10.1. The van der Waals surface area contributed by atoms with Gasteiger partial charge in [0.1, 0.15) is 11.6 Å². The summed E-state index contributed by atoms with van der Waals surface area (Å²) in [6, 6.07) is 15.5. The Bertz CT molecular complexity index is 1200. The lowest BCUT2D eigenvalue weighted by molar-refractivity contribution is -0.123. The number of anilines is 1. The molecule has 3 aromatic rings. The second-order valence-electron chi connectivity index (χ2n) is 6.83. The number of sulfonamides is 1. The summed E-state index contributed by atoms with van der Waals surface area (Å²) in [4.78, 5) is 12.1. The van der Waals surface area contributed by atoms with Gasteiger partial charge in [0.25, 0.3) is 15.9 Å². The molecule has 0 aliphatic heterocycles. The van der Waals surface area contributed by atoms with Crippen molar-refractivity contribution in [1.82, 2.24) is 5.32 Å². The third-order valence-corrected chi connectivity index (χ3v) is 6.34. The van der Waals surface area contributed by atoms with Gasteiger partial charge in [-0.2, -0.15) is 0 Å². The number of benzene rings is 3. The normalized spacial score (nSPS) is 12.1. The lowest BCUT2D eigenvalue weighted by Crippen LogP contribution is -2.31. The van der Waals surface area contributed by atoms with E-state index in [9.17, 15) is 17.6 Å². The second-order valence-corrected chi connectivity index (χ2v) is 9.36. The van der Waals surface area contributed by atoms with Crippen LogP contribution in [0.3, 0.4) is 0 Å². The fourth-order valence-electron chi connectivity index (χ4n) is 2.76. The summed E-state index contributed by atoms with van der Waals surface area (Å²) in [5.41, 5.74) is 1.08. The standard InChI is InChI=1S/C22H19Cl2FN2O4S/c1-14(15-2-6-17(25)7-3-15)26-22(28)13-31-21-11-10-19(12-20(21)24)32(29,30)27-18-8-4-16(23)5-9-18/h2-12,14,27H,13H2,1H3,(H,26,28)/t14-/m1/s1. The van der Waals surface area contributed by atoms with Gasteiger partial charge in [-0.05, 0) is 67.1 Å². The van der Waals surface area contributed by atoms with Gasteiger partial charge in [0.05, 0.1) is 16.0 Å². The third-order valence-electron chi connectivity index (χ3n) is 4.42. The van der Waals surface area contributed by atoms with Crippen molar-refractivity contribution >= 4 is 44.8 Å². The molecule has 0 saturated heterocycles. The van der Waals surface area contributed by atoms with Crippen molar-refractivity contribution < 1.29 is 22.3 Å². The molecular formula is C22H19Cl2FN2O4S. The Morgan fingerprint density at radius 3 is 2.31 bits per heavy atom. The highest BCUT2D eigenvalue weighted by Gasteiger charge is 2.17. The number of carbonyl (C=O) groups is 1. The molecule has 0 aliphatic rings. The van der Waals surface area contributed by atoms with Gasteiger partial charge in [0, 0.05) is 10.7 Å². The summed E-state index contributed by atoms with van der Waals surface area (Å²) in [6.07, 6.45) is 0. The molecule has 6 nitrogen and oxygen atoms in total. The molecule has 3 aromatic carbocycles. The maximum absolute atomic E-state index is 13.0.